The average molecular weight is 265 g/mol. The highest BCUT2D eigenvalue weighted by atomic mass is 19.1. The van der Waals surface area contributed by atoms with E-state index in [1.165, 1.54) is 12.1 Å². The second-order valence-corrected chi connectivity index (χ2v) is 5.59. The Labute approximate surface area is 112 Å². The molecule has 1 heterocycles. The van der Waals surface area contributed by atoms with Crippen molar-refractivity contribution >= 4 is 5.69 Å². The average Bonchev–Trinajstić information content (AvgIpc) is 2.42. The molecule has 1 aliphatic carbocycles. The Morgan fingerprint density at radius 2 is 2.00 bits per heavy atom. The molecule has 2 aliphatic rings. The van der Waals surface area contributed by atoms with Gasteiger partial charge in [0.2, 0.25) is 0 Å². The molecule has 1 aromatic carbocycles. The Morgan fingerprint density at radius 1 is 1.21 bits per heavy atom. The van der Waals surface area contributed by atoms with Gasteiger partial charge in [-0.15, -0.1) is 0 Å². The van der Waals surface area contributed by atoms with Crippen LogP contribution in [-0.2, 0) is 4.74 Å². The zero-order valence-electron chi connectivity index (χ0n) is 10.9. The predicted molar refractivity (Wildman–Crippen MR) is 71.6 cm³/mol. The third-order valence-corrected chi connectivity index (χ3v) is 4.37. The first-order chi connectivity index (χ1) is 9.18. The van der Waals surface area contributed by atoms with Gasteiger partial charge in [0.1, 0.15) is 11.4 Å². The number of nitrogens with one attached hydrogen (secondary N) is 1. The lowest BCUT2D eigenvalue weighted by molar-refractivity contribution is -0.169. The summed E-state index contributed by atoms with van der Waals surface area (Å²) < 4.78 is 18.6. The van der Waals surface area contributed by atoms with Crippen LogP contribution in [0.4, 0.5) is 10.1 Å². The van der Waals surface area contributed by atoms with E-state index in [4.69, 9.17) is 4.74 Å². The van der Waals surface area contributed by atoms with Gasteiger partial charge < -0.3 is 15.2 Å². The zero-order valence-corrected chi connectivity index (χ0v) is 10.9. The van der Waals surface area contributed by atoms with Crippen molar-refractivity contribution in [2.75, 3.05) is 11.9 Å². The predicted octanol–water partition coefficient (Wildman–Crippen LogP) is 2.70. The van der Waals surface area contributed by atoms with Crippen molar-refractivity contribution < 1.29 is 14.2 Å². The van der Waals surface area contributed by atoms with Gasteiger partial charge >= 0.3 is 0 Å². The fraction of sp³-hybridized carbons (Fsp3) is 0.600. The smallest absolute Gasteiger partial charge is 0.123 e. The number of rotatable bonds is 2. The molecule has 1 aromatic rings. The van der Waals surface area contributed by atoms with E-state index >= 15 is 0 Å². The molecule has 1 aliphatic heterocycles. The molecular weight excluding hydrogens is 245 g/mol. The molecule has 1 saturated carbocycles. The van der Waals surface area contributed by atoms with Crippen LogP contribution in [0.2, 0.25) is 0 Å². The van der Waals surface area contributed by atoms with Gasteiger partial charge in [-0.3, -0.25) is 0 Å². The quantitative estimate of drug-likeness (QED) is 0.864. The molecule has 3 atom stereocenters. The van der Waals surface area contributed by atoms with Crippen molar-refractivity contribution in [2.24, 2.45) is 0 Å². The van der Waals surface area contributed by atoms with Gasteiger partial charge in [-0.25, -0.2) is 4.39 Å². The van der Waals surface area contributed by atoms with E-state index in [1.54, 1.807) is 12.1 Å². The van der Waals surface area contributed by atoms with Gasteiger partial charge in [-0.05, 0) is 43.5 Å². The SMILES string of the molecule is O[C@]12CCCC[C@H]1OCCC2Nc1ccc(F)cc1. The maximum atomic E-state index is 12.9. The van der Waals surface area contributed by atoms with Crippen LogP contribution in [0.25, 0.3) is 0 Å². The molecule has 2 fully saturated rings. The van der Waals surface area contributed by atoms with E-state index in [9.17, 15) is 9.50 Å². The number of hydrogen-bond acceptors (Lipinski definition) is 3. The van der Waals surface area contributed by atoms with Crippen LogP contribution < -0.4 is 5.32 Å². The van der Waals surface area contributed by atoms with E-state index in [0.29, 0.717) is 6.61 Å². The van der Waals surface area contributed by atoms with Gasteiger partial charge in [0.05, 0.1) is 12.1 Å². The minimum absolute atomic E-state index is 0.0167. The highest BCUT2D eigenvalue weighted by molar-refractivity contribution is 5.44. The summed E-state index contributed by atoms with van der Waals surface area (Å²) in [7, 11) is 0. The summed E-state index contributed by atoms with van der Waals surface area (Å²) in [6.07, 6.45) is 4.58. The summed E-state index contributed by atoms with van der Waals surface area (Å²) >= 11 is 0. The highest BCUT2D eigenvalue weighted by Crippen LogP contribution is 2.38. The van der Waals surface area contributed by atoms with E-state index in [2.05, 4.69) is 5.32 Å². The molecule has 3 rings (SSSR count). The van der Waals surface area contributed by atoms with Crippen LogP contribution in [0.5, 0.6) is 0 Å². The maximum Gasteiger partial charge on any atom is 0.123 e. The van der Waals surface area contributed by atoms with Gasteiger partial charge in [-0.1, -0.05) is 12.8 Å². The molecular formula is C15H20FNO2. The Morgan fingerprint density at radius 3 is 2.79 bits per heavy atom. The first-order valence-electron chi connectivity index (χ1n) is 7.04. The van der Waals surface area contributed by atoms with Crippen LogP contribution in [0.15, 0.2) is 24.3 Å². The van der Waals surface area contributed by atoms with Crippen LogP contribution >= 0.6 is 0 Å². The van der Waals surface area contributed by atoms with Crippen molar-refractivity contribution in [1.82, 2.24) is 0 Å². The molecule has 1 saturated heterocycles. The number of anilines is 1. The van der Waals surface area contributed by atoms with Crippen molar-refractivity contribution in [3.05, 3.63) is 30.1 Å². The zero-order chi connectivity index (χ0) is 13.3. The molecule has 0 amide bonds. The van der Waals surface area contributed by atoms with E-state index in [-0.39, 0.29) is 18.0 Å². The Hall–Kier alpha value is -1.13. The van der Waals surface area contributed by atoms with Gasteiger partial charge in [-0.2, -0.15) is 0 Å². The molecule has 4 heteroatoms. The van der Waals surface area contributed by atoms with Crippen molar-refractivity contribution in [2.45, 2.75) is 49.9 Å². The number of fused-ring (bicyclic) bond motifs is 1. The molecule has 0 bridgehead atoms. The normalized spacial score (nSPS) is 34.6. The van der Waals surface area contributed by atoms with Gasteiger partial charge in [0, 0.05) is 12.3 Å². The number of aliphatic hydroxyl groups is 1. The minimum atomic E-state index is -0.787. The van der Waals surface area contributed by atoms with Crippen LogP contribution in [0.1, 0.15) is 32.1 Å². The summed E-state index contributed by atoms with van der Waals surface area (Å²) in [5.41, 5.74) is 0.0660. The third-order valence-electron chi connectivity index (χ3n) is 4.37. The highest BCUT2D eigenvalue weighted by Gasteiger charge is 2.48. The molecule has 0 spiro atoms. The van der Waals surface area contributed by atoms with Crippen molar-refractivity contribution in [3.63, 3.8) is 0 Å². The summed E-state index contributed by atoms with van der Waals surface area (Å²) in [5.74, 6) is -0.244. The minimum Gasteiger partial charge on any atom is -0.385 e. The Kier molecular flexibility index (Phi) is 3.46. The number of benzene rings is 1. The topological polar surface area (TPSA) is 41.5 Å². The first kappa shape index (κ1) is 12.9. The second-order valence-electron chi connectivity index (χ2n) is 5.59. The molecule has 0 aromatic heterocycles. The summed E-state index contributed by atoms with van der Waals surface area (Å²) in [5, 5.41) is 14.3. The summed E-state index contributed by atoms with van der Waals surface area (Å²) in [4.78, 5) is 0. The van der Waals surface area contributed by atoms with Crippen LogP contribution in [0, 0.1) is 5.82 Å². The lowest BCUT2D eigenvalue weighted by Crippen LogP contribution is -2.61. The van der Waals surface area contributed by atoms with Crippen molar-refractivity contribution in [1.29, 1.82) is 0 Å². The summed E-state index contributed by atoms with van der Waals surface area (Å²) in [6.45, 7) is 0.672. The number of hydrogen-bond donors (Lipinski definition) is 2. The van der Waals surface area contributed by atoms with Gasteiger partial charge in [0.25, 0.3) is 0 Å². The molecule has 3 nitrogen and oxygen atoms in total. The fourth-order valence-corrected chi connectivity index (χ4v) is 3.30. The van der Waals surface area contributed by atoms with E-state index in [1.807, 2.05) is 0 Å². The standard InChI is InChI=1S/C15H20FNO2/c16-11-4-6-12(7-5-11)17-13-8-10-19-14-3-1-2-9-15(13,14)18/h4-7,13-14,17-18H,1-3,8-10H2/t13?,14-,15+/m1/s1. The van der Waals surface area contributed by atoms with Gasteiger partial charge in [0.15, 0.2) is 0 Å². The lowest BCUT2D eigenvalue weighted by Gasteiger charge is -2.48. The van der Waals surface area contributed by atoms with Crippen LogP contribution in [0.3, 0.4) is 0 Å². The monoisotopic (exact) mass is 265 g/mol. The largest absolute Gasteiger partial charge is 0.385 e. The molecule has 104 valence electrons. The van der Waals surface area contributed by atoms with E-state index < -0.39 is 5.60 Å². The molecule has 2 N–H and O–H groups in total. The third kappa shape index (κ3) is 2.47. The number of halogens is 1. The molecule has 1 unspecified atom stereocenters. The lowest BCUT2D eigenvalue weighted by atomic mass is 9.74. The van der Waals surface area contributed by atoms with Crippen molar-refractivity contribution in [3.8, 4) is 0 Å². The Balaban J connectivity index is 1.77. The number of ether oxygens (including phenoxy) is 1. The van der Waals surface area contributed by atoms with Crippen LogP contribution in [-0.4, -0.2) is 29.5 Å². The Bertz CT molecular complexity index is 434. The molecule has 19 heavy (non-hydrogen) atoms. The second kappa shape index (κ2) is 5.10. The first-order valence-corrected chi connectivity index (χ1v) is 7.04. The maximum absolute atomic E-state index is 12.9. The fourth-order valence-electron chi connectivity index (χ4n) is 3.30. The summed E-state index contributed by atoms with van der Waals surface area (Å²) in [6, 6.07) is 6.28. The van der Waals surface area contributed by atoms with E-state index in [0.717, 1.165) is 37.8 Å². The molecule has 0 radical (unpaired) electrons.